The first-order valence-electron chi connectivity index (χ1n) is 7.18. The quantitative estimate of drug-likeness (QED) is 0.633. The molecule has 2 rings (SSSR count). The number of nitrogens with two attached hydrogens (primary N) is 2. The van der Waals surface area contributed by atoms with Crippen LogP contribution in [0.4, 0.5) is 21.7 Å². The SMILES string of the molecule is C[C@H](N)[C@@H](C)Nc1nc(Nc2cncc(Cl)c2)c(C(N)=O)cc1F. The van der Waals surface area contributed by atoms with Crippen LogP contribution in [-0.4, -0.2) is 28.0 Å². The van der Waals surface area contributed by atoms with E-state index in [1.165, 1.54) is 12.4 Å². The fourth-order valence-electron chi connectivity index (χ4n) is 1.84. The van der Waals surface area contributed by atoms with Gasteiger partial charge in [0.15, 0.2) is 11.6 Å². The topological polar surface area (TPSA) is 119 Å². The lowest BCUT2D eigenvalue weighted by atomic mass is 10.2. The molecule has 7 nitrogen and oxygen atoms in total. The Bertz CT molecular complexity index is 755. The Morgan fingerprint density at radius 1 is 1.29 bits per heavy atom. The predicted molar refractivity (Wildman–Crippen MR) is 92.0 cm³/mol. The van der Waals surface area contributed by atoms with Gasteiger partial charge in [-0.15, -0.1) is 0 Å². The van der Waals surface area contributed by atoms with Gasteiger partial charge in [0.25, 0.3) is 5.91 Å². The number of nitrogens with zero attached hydrogens (tertiary/aromatic N) is 2. The molecule has 24 heavy (non-hydrogen) atoms. The number of hydrogen-bond donors (Lipinski definition) is 4. The van der Waals surface area contributed by atoms with Gasteiger partial charge in [0, 0.05) is 18.3 Å². The van der Waals surface area contributed by atoms with E-state index in [0.717, 1.165) is 6.07 Å². The second-order valence-corrected chi connectivity index (χ2v) is 5.82. The van der Waals surface area contributed by atoms with Crippen LogP contribution in [0, 0.1) is 5.82 Å². The summed E-state index contributed by atoms with van der Waals surface area (Å²) in [7, 11) is 0. The average molecular weight is 353 g/mol. The highest BCUT2D eigenvalue weighted by Crippen LogP contribution is 2.25. The molecule has 2 heterocycles. The lowest BCUT2D eigenvalue weighted by Crippen LogP contribution is -2.35. The van der Waals surface area contributed by atoms with E-state index in [9.17, 15) is 9.18 Å². The van der Waals surface area contributed by atoms with Crippen LogP contribution in [0.25, 0.3) is 0 Å². The zero-order chi connectivity index (χ0) is 17.9. The maximum Gasteiger partial charge on any atom is 0.252 e. The van der Waals surface area contributed by atoms with Crippen molar-refractivity contribution in [2.45, 2.75) is 25.9 Å². The van der Waals surface area contributed by atoms with Gasteiger partial charge in [-0.3, -0.25) is 9.78 Å². The molecule has 0 aliphatic heterocycles. The highest BCUT2D eigenvalue weighted by molar-refractivity contribution is 6.30. The van der Waals surface area contributed by atoms with Crippen molar-refractivity contribution in [3.63, 3.8) is 0 Å². The summed E-state index contributed by atoms with van der Waals surface area (Å²) in [6.07, 6.45) is 2.94. The van der Waals surface area contributed by atoms with Crippen molar-refractivity contribution in [2.24, 2.45) is 11.5 Å². The number of aromatic nitrogens is 2. The smallest absolute Gasteiger partial charge is 0.252 e. The Labute approximate surface area is 143 Å². The molecule has 0 saturated heterocycles. The van der Waals surface area contributed by atoms with Gasteiger partial charge in [-0.1, -0.05) is 11.6 Å². The van der Waals surface area contributed by atoms with Crippen LogP contribution in [0.1, 0.15) is 24.2 Å². The molecule has 2 aromatic rings. The van der Waals surface area contributed by atoms with Gasteiger partial charge in [-0.05, 0) is 26.0 Å². The number of anilines is 3. The Morgan fingerprint density at radius 3 is 2.58 bits per heavy atom. The minimum atomic E-state index is -0.814. The van der Waals surface area contributed by atoms with E-state index in [1.54, 1.807) is 19.9 Å². The minimum absolute atomic E-state index is 0.0395. The normalized spacial score (nSPS) is 13.2. The third-order valence-corrected chi connectivity index (χ3v) is 3.57. The Morgan fingerprint density at radius 2 is 2.00 bits per heavy atom. The van der Waals surface area contributed by atoms with E-state index in [0.29, 0.717) is 10.7 Å². The summed E-state index contributed by atoms with van der Waals surface area (Å²) in [5.41, 5.74) is 11.5. The third kappa shape index (κ3) is 4.30. The van der Waals surface area contributed by atoms with Crippen LogP contribution >= 0.6 is 11.6 Å². The van der Waals surface area contributed by atoms with Crippen molar-refractivity contribution in [1.82, 2.24) is 9.97 Å². The number of nitrogens with one attached hydrogen (secondary N) is 2. The Kier molecular flexibility index (Phi) is 5.53. The first kappa shape index (κ1) is 17.9. The van der Waals surface area contributed by atoms with Crippen LogP contribution < -0.4 is 22.1 Å². The van der Waals surface area contributed by atoms with Gasteiger partial charge in [0.2, 0.25) is 0 Å². The summed E-state index contributed by atoms with van der Waals surface area (Å²) in [6.45, 7) is 3.58. The van der Waals surface area contributed by atoms with Gasteiger partial charge in [-0.2, -0.15) is 0 Å². The molecule has 0 bridgehead atoms. The van der Waals surface area contributed by atoms with Crippen molar-refractivity contribution in [1.29, 1.82) is 0 Å². The second kappa shape index (κ2) is 7.41. The zero-order valence-corrected chi connectivity index (χ0v) is 13.9. The maximum atomic E-state index is 14.2. The van der Waals surface area contributed by atoms with Crippen molar-refractivity contribution >= 4 is 34.8 Å². The molecule has 0 aliphatic carbocycles. The Balaban J connectivity index is 2.41. The first-order chi connectivity index (χ1) is 11.3. The van der Waals surface area contributed by atoms with E-state index < -0.39 is 11.7 Å². The molecule has 2 atom stereocenters. The van der Waals surface area contributed by atoms with Gasteiger partial charge in [-0.25, -0.2) is 9.37 Å². The van der Waals surface area contributed by atoms with E-state index in [4.69, 9.17) is 23.1 Å². The number of carbonyl (C=O) groups is 1. The Hall–Kier alpha value is -2.45. The lowest BCUT2D eigenvalue weighted by Gasteiger charge is -2.19. The van der Waals surface area contributed by atoms with E-state index >= 15 is 0 Å². The van der Waals surface area contributed by atoms with Crippen LogP contribution in [0.2, 0.25) is 5.02 Å². The van der Waals surface area contributed by atoms with Crippen molar-refractivity contribution in [2.75, 3.05) is 10.6 Å². The zero-order valence-electron chi connectivity index (χ0n) is 13.2. The standard InChI is InChI=1S/C15H18ClFN6O/c1-7(18)8(2)21-15-12(17)4-11(13(19)24)14(23-15)22-10-3-9(16)5-20-6-10/h3-8H,18H2,1-2H3,(H2,19,24)(H2,21,22,23)/t7-,8+/m0/s1. The molecule has 9 heteroatoms. The number of amides is 1. The predicted octanol–water partition coefficient (Wildman–Crippen LogP) is 2.26. The molecule has 2 aromatic heterocycles. The number of primary amides is 1. The highest BCUT2D eigenvalue weighted by atomic mass is 35.5. The highest BCUT2D eigenvalue weighted by Gasteiger charge is 2.18. The van der Waals surface area contributed by atoms with Crippen LogP contribution in [0.15, 0.2) is 24.5 Å². The molecule has 0 saturated carbocycles. The largest absolute Gasteiger partial charge is 0.365 e. The molecule has 0 spiro atoms. The van der Waals surface area contributed by atoms with E-state index in [2.05, 4.69) is 20.6 Å². The molecule has 0 unspecified atom stereocenters. The summed E-state index contributed by atoms with van der Waals surface area (Å²) < 4.78 is 14.2. The maximum absolute atomic E-state index is 14.2. The molecule has 1 amide bonds. The second-order valence-electron chi connectivity index (χ2n) is 5.39. The molecule has 0 fully saturated rings. The number of pyridine rings is 2. The molecule has 0 aliphatic rings. The van der Waals surface area contributed by atoms with Crippen molar-refractivity contribution < 1.29 is 9.18 Å². The number of rotatable bonds is 6. The van der Waals surface area contributed by atoms with Gasteiger partial charge < -0.3 is 22.1 Å². The number of halogens is 2. The molecule has 0 aromatic carbocycles. The molecular formula is C15H18ClFN6O. The minimum Gasteiger partial charge on any atom is -0.365 e. The van der Waals surface area contributed by atoms with Gasteiger partial charge in [0.05, 0.1) is 22.5 Å². The average Bonchev–Trinajstić information content (AvgIpc) is 2.49. The molecule has 128 valence electrons. The van der Waals surface area contributed by atoms with Gasteiger partial charge in [0.1, 0.15) is 5.82 Å². The van der Waals surface area contributed by atoms with Crippen molar-refractivity contribution in [3.8, 4) is 0 Å². The van der Waals surface area contributed by atoms with Crippen LogP contribution in [0.3, 0.4) is 0 Å². The summed E-state index contributed by atoms with van der Waals surface area (Å²) in [4.78, 5) is 19.6. The summed E-state index contributed by atoms with van der Waals surface area (Å²) in [5.74, 6) is -1.47. The fraction of sp³-hybridized carbons (Fsp3) is 0.267. The molecule has 6 N–H and O–H groups in total. The first-order valence-corrected chi connectivity index (χ1v) is 7.55. The van der Waals surface area contributed by atoms with E-state index in [-0.39, 0.29) is 29.3 Å². The molecular weight excluding hydrogens is 335 g/mol. The monoisotopic (exact) mass is 352 g/mol. The van der Waals surface area contributed by atoms with E-state index in [1.807, 2.05) is 0 Å². The van der Waals surface area contributed by atoms with Gasteiger partial charge >= 0.3 is 0 Å². The molecule has 0 radical (unpaired) electrons. The fourth-order valence-corrected chi connectivity index (χ4v) is 2.01. The summed E-state index contributed by atoms with van der Waals surface area (Å²) in [6, 6.07) is 2.15. The third-order valence-electron chi connectivity index (χ3n) is 3.36. The summed E-state index contributed by atoms with van der Waals surface area (Å²) >= 11 is 5.87. The van der Waals surface area contributed by atoms with Crippen molar-refractivity contribution in [3.05, 3.63) is 40.9 Å². The van der Waals surface area contributed by atoms with Crippen LogP contribution in [-0.2, 0) is 0 Å². The lowest BCUT2D eigenvalue weighted by molar-refractivity contribution is 0.100. The number of carbonyl (C=O) groups excluding carboxylic acids is 1. The number of hydrogen-bond acceptors (Lipinski definition) is 6. The van der Waals surface area contributed by atoms with Crippen LogP contribution in [0.5, 0.6) is 0 Å². The summed E-state index contributed by atoms with van der Waals surface area (Å²) in [5, 5.41) is 6.13.